The highest BCUT2D eigenvalue weighted by Gasteiger charge is 2.40. The maximum atomic E-state index is 14.0. The Labute approximate surface area is 290 Å². The first-order chi connectivity index (χ1) is 23.6. The van der Waals surface area contributed by atoms with Gasteiger partial charge in [0.15, 0.2) is 16.4 Å². The van der Waals surface area contributed by atoms with Crippen LogP contribution in [0.3, 0.4) is 0 Å². The largest absolute Gasteiger partial charge is 0.492 e. The van der Waals surface area contributed by atoms with E-state index in [9.17, 15) is 28.1 Å². The minimum absolute atomic E-state index is 0.0321. The number of esters is 1. The van der Waals surface area contributed by atoms with Crippen molar-refractivity contribution in [1.29, 1.82) is 0 Å². The van der Waals surface area contributed by atoms with E-state index in [0.29, 0.717) is 11.1 Å². The Morgan fingerprint density at radius 1 is 0.898 bits per heavy atom. The predicted molar refractivity (Wildman–Crippen MR) is 183 cm³/mol. The molecule has 0 spiro atoms. The van der Waals surface area contributed by atoms with E-state index in [1.807, 2.05) is 12.1 Å². The van der Waals surface area contributed by atoms with Gasteiger partial charge < -0.3 is 18.9 Å². The zero-order valence-electron chi connectivity index (χ0n) is 26.3. The predicted octanol–water partition coefficient (Wildman–Crippen LogP) is 6.14. The van der Waals surface area contributed by atoms with Crippen LogP contribution in [-0.4, -0.2) is 46.2 Å². The third-order valence-electron chi connectivity index (χ3n) is 7.49. The number of fused-ring (bicyclic) bond motifs is 1. The van der Waals surface area contributed by atoms with Gasteiger partial charge in [-0.3, -0.25) is 19.7 Å². The van der Waals surface area contributed by atoms with Crippen LogP contribution in [0, 0.1) is 10.1 Å². The lowest BCUT2D eigenvalue weighted by Crippen LogP contribution is -2.30. The maximum Gasteiger partial charge on any atom is 0.412 e. The quantitative estimate of drug-likeness (QED) is 0.0770. The van der Waals surface area contributed by atoms with Crippen molar-refractivity contribution < 1.29 is 41.9 Å². The summed E-state index contributed by atoms with van der Waals surface area (Å²) in [5.41, 5.74) is 1.21. The van der Waals surface area contributed by atoms with Gasteiger partial charge in [-0.15, -0.1) is 0 Å². The highest BCUT2D eigenvalue weighted by molar-refractivity contribution is 9.10. The molecule has 254 valence electrons. The molecule has 1 aliphatic heterocycles. The molecule has 4 aromatic rings. The molecule has 13 nitrogen and oxygen atoms in total. The molecule has 0 bridgehead atoms. The topological polar surface area (TPSA) is 164 Å². The summed E-state index contributed by atoms with van der Waals surface area (Å²) in [7, 11) is -1.85. The molecule has 0 saturated heterocycles. The van der Waals surface area contributed by atoms with Crippen molar-refractivity contribution >= 4 is 55.5 Å². The smallest absolute Gasteiger partial charge is 0.412 e. The molecule has 0 atom stereocenters. The summed E-state index contributed by atoms with van der Waals surface area (Å²) in [5.74, 6) is -0.802. The molecule has 0 aliphatic carbocycles. The minimum Gasteiger partial charge on any atom is -0.492 e. The number of nitro groups is 1. The maximum absolute atomic E-state index is 14.0. The van der Waals surface area contributed by atoms with Crippen molar-refractivity contribution in [3.8, 4) is 11.5 Å². The van der Waals surface area contributed by atoms with Crippen molar-refractivity contribution in [1.82, 2.24) is 5.32 Å². The van der Waals surface area contributed by atoms with Crippen LogP contribution in [0.5, 0.6) is 11.5 Å². The second-order valence-corrected chi connectivity index (χ2v) is 13.1. The molecule has 1 aliphatic rings. The average Bonchev–Trinajstić information content (AvgIpc) is 3.57. The summed E-state index contributed by atoms with van der Waals surface area (Å²) in [6, 6.07) is 22.9. The van der Waals surface area contributed by atoms with Crippen LogP contribution in [0.2, 0.25) is 0 Å². The zero-order chi connectivity index (χ0) is 35.1. The Bertz CT molecular complexity index is 2020. The van der Waals surface area contributed by atoms with E-state index in [0.717, 1.165) is 22.0 Å². The molecule has 1 heterocycles. The number of alkyl carbamates (subject to hydrolysis) is 1. The molecule has 0 aromatic heterocycles. The van der Waals surface area contributed by atoms with Gasteiger partial charge in [0, 0.05) is 18.2 Å². The first-order valence-electron chi connectivity index (χ1n) is 14.7. The molecule has 0 unspecified atom stereocenters. The third kappa shape index (κ3) is 7.52. The van der Waals surface area contributed by atoms with Crippen molar-refractivity contribution in [2.24, 2.45) is 0 Å². The number of benzene rings is 4. The lowest BCUT2D eigenvalue weighted by molar-refractivity contribution is -0.387. The molecule has 5 rings (SSSR count). The molecule has 4 aromatic carbocycles. The summed E-state index contributed by atoms with van der Waals surface area (Å²) in [6.07, 6.45) is 0.481. The standard InChI is InChI=1S/C34H30BrN3O10S/c1-45-31-29(35)25(24-17-18-37(30(24)32(31)46-2)49(43,44)28-16-10-9-15-27(28)38(41)42)19-26(33(39)47-20-22-11-5-3-6-12-22)36-34(40)48-21-23-13-7-4-8-14-23/h3-16,19H,17-18,20-21H2,1-2H3,(H,36,40)/b26-19-. The number of carbonyl (C=O) groups excluding carboxylic acids is 2. The Balaban J connectivity index is 1.60. The monoisotopic (exact) mass is 751 g/mol. The third-order valence-corrected chi connectivity index (χ3v) is 10.1. The van der Waals surface area contributed by atoms with E-state index in [2.05, 4.69) is 21.2 Å². The fourth-order valence-electron chi connectivity index (χ4n) is 5.24. The minimum atomic E-state index is -4.51. The van der Waals surface area contributed by atoms with Crippen LogP contribution < -0.4 is 19.1 Å². The van der Waals surface area contributed by atoms with Gasteiger partial charge in [-0.05, 0) is 51.2 Å². The molecular formula is C34H30BrN3O10S. The molecule has 1 amide bonds. The second-order valence-electron chi connectivity index (χ2n) is 10.5. The number of nitro benzene ring substituents is 1. The number of rotatable bonds is 12. The van der Waals surface area contributed by atoms with Crippen molar-refractivity contribution in [3.63, 3.8) is 0 Å². The van der Waals surface area contributed by atoms with Crippen LogP contribution in [0.15, 0.2) is 100.0 Å². The number of carbonyl (C=O) groups is 2. The Kier molecular flexibility index (Phi) is 10.8. The summed E-state index contributed by atoms with van der Waals surface area (Å²) in [4.78, 5) is 37.0. The zero-order valence-corrected chi connectivity index (χ0v) is 28.7. The van der Waals surface area contributed by atoms with Gasteiger partial charge in [0.05, 0.1) is 23.6 Å². The molecule has 1 N–H and O–H groups in total. The number of sulfonamides is 1. The van der Waals surface area contributed by atoms with Gasteiger partial charge in [0.25, 0.3) is 15.7 Å². The molecule has 15 heteroatoms. The van der Waals surface area contributed by atoms with E-state index in [1.165, 1.54) is 32.4 Å². The summed E-state index contributed by atoms with van der Waals surface area (Å²) >= 11 is 3.51. The Morgan fingerprint density at radius 3 is 2.06 bits per heavy atom. The van der Waals surface area contributed by atoms with Gasteiger partial charge in [0.1, 0.15) is 24.6 Å². The first kappa shape index (κ1) is 34.9. The Morgan fingerprint density at radius 2 is 1.47 bits per heavy atom. The highest BCUT2D eigenvalue weighted by atomic mass is 79.9. The summed E-state index contributed by atoms with van der Waals surface area (Å²) in [6.45, 7) is -0.307. The summed E-state index contributed by atoms with van der Waals surface area (Å²) < 4.78 is 51.5. The fraction of sp³-hybridized carbons (Fsp3) is 0.176. The normalized spacial score (nSPS) is 12.6. The number of hydrogen-bond acceptors (Lipinski definition) is 10. The van der Waals surface area contributed by atoms with Crippen LogP contribution >= 0.6 is 15.9 Å². The highest BCUT2D eigenvalue weighted by Crippen LogP contribution is 2.52. The average molecular weight is 753 g/mol. The summed E-state index contributed by atoms with van der Waals surface area (Å²) in [5, 5.41) is 14.2. The number of hydrogen-bond donors (Lipinski definition) is 1. The van der Waals surface area contributed by atoms with Gasteiger partial charge in [-0.2, -0.15) is 0 Å². The van der Waals surface area contributed by atoms with Gasteiger partial charge in [-0.25, -0.2) is 18.0 Å². The van der Waals surface area contributed by atoms with Crippen LogP contribution in [0.1, 0.15) is 22.3 Å². The number of anilines is 1. The van der Waals surface area contributed by atoms with Gasteiger partial charge >= 0.3 is 12.1 Å². The van der Waals surface area contributed by atoms with E-state index in [1.54, 1.807) is 48.5 Å². The van der Waals surface area contributed by atoms with Crippen LogP contribution in [-0.2, 0) is 43.9 Å². The van der Waals surface area contributed by atoms with Gasteiger partial charge in [-0.1, -0.05) is 72.8 Å². The van der Waals surface area contributed by atoms with Crippen molar-refractivity contribution in [2.45, 2.75) is 24.5 Å². The Hall–Kier alpha value is -5.41. The SMILES string of the molecule is COc1c(Br)c(/C=C(\NC(=O)OCc2ccccc2)C(=O)OCc2ccccc2)c2c(c1OC)N(S(=O)(=O)c1ccccc1[N+](=O)[O-])CC2. The lowest BCUT2D eigenvalue weighted by Gasteiger charge is -2.24. The number of para-hydroxylation sites is 1. The number of halogens is 1. The van der Waals surface area contributed by atoms with Gasteiger partial charge in [0.2, 0.25) is 0 Å². The number of methoxy groups -OCH3 is 2. The van der Waals surface area contributed by atoms with Crippen LogP contribution in [0.4, 0.5) is 16.2 Å². The molecule has 0 saturated carbocycles. The second kappa shape index (κ2) is 15.2. The van der Waals surface area contributed by atoms with E-state index in [-0.39, 0.29) is 59.1 Å². The number of nitrogens with zero attached hydrogens (tertiary/aromatic N) is 2. The molecule has 49 heavy (non-hydrogen) atoms. The van der Waals surface area contributed by atoms with E-state index in [4.69, 9.17) is 18.9 Å². The van der Waals surface area contributed by atoms with E-state index >= 15 is 0 Å². The molecular weight excluding hydrogens is 722 g/mol. The van der Waals surface area contributed by atoms with E-state index < -0.39 is 37.6 Å². The molecule has 0 radical (unpaired) electrons. The lowest BCUT2D eigenvalue weighted by atomic mass is 10.0. The van der Waals surface area contributed by atoms with Crippen molar-refractivity contribution in [3.05, 3.63) is 127 Å². The number of ether oxygens (including phenoxy) is 4. The van der Waals surface area contributed by atoms with Crippen molar-refractivity contribution in [2.75, 3.05) is 25.1 Å². The number of nitrogens with one attached hydrogen (secondary N) is 1. The first-order valence-corrected chi connectivity index (χ1v) is 16.9. The number of amides is 1. The molecule has 0 fully saturated rings. The van der Waals surface area contributed by atoms with Crippen LogP contribution in [0.25, 0.3) is 6.08 Å². The fourth-order valence-corrected chi connectivity index (χ4v) is 7.59.